The lowest BCUT2D eigenvalue weighted by atomic mass is 10.1. The van der Waals surface area contributed by atoms with Gasteiger partial charge in [0, 0.05) is 4.88 Å². The lowest BCUT2D eigenvalue weighted by Crippen LogP contribution is -2.21. The van der Waals surface area contributed by atoms with E-state index in [1.54, 1.807) is 31.2 Å². The minimum Gasteiger partial charge on any atom is -0.365 e. The fourth-order valence-electron chi connectivity index (χ4n) is 1.98. The van der Waals surface area contributed by atoms with E-state index in [0.29, 0.717) is 16.1 Å². The SMILES string of the molecule is Cc1c(-c2ccc(C#N)cc2)sc(NC(N)=O)c1C(N)=O. The number of nitrogens with one attached hydrogen (secondary N) is 1. The van der Waals surface area contributed by atoms with Crippen LogP contribution in [0.4, 0.5) is 9.80 Å². The van der Waals surface area contributed by atoms with E-state index in [2.05, 4.69) is 5.32 Å². The third-order valence-electron chi connectivity index (χ3n) is 2.91. The monoisotopic (exact) mass is 300 g/mol. The van der Waals surface area contributed by atoms with Crippen LogP contribution in [0.2, 0.25) is 0 Å². The average Bonchev–Trinajstić information content (AvgIpc) is 2.75. The molecule has 106 valence electrons. The van der Waals surface area contributed by atoms with Crippen LogP contribution in [-0.2, 0) is 0 Å². The number of nitrogens with zero attached hydrogens (tertiary/aromatic N) is 1. The summed E-state index contributed by atoms with van der Waals surface area (Å²) in [6, 6.07) is 8.19. The molecule has 0 unspecified atom stereocenters. The van der Waals surface area contributed by atoms with Gasteiger partial charge >= 0.3 is 6.03 Å². The van der Waals surface area contributed by atoms with Gasteiger partial charge in [-0.2, -0.15) is 5.26 Å². The van der Waals surface area contributed by atoms with Crippen LogP contribution in [0.5, 0.6) is 0 Å². The van der Waals surface area contributed by atoms with Gasteiger partial charge in [0.05, 0.1) is 17.2 Å². The Labute approximate surface area is 125 Å². The maximum Gasteiger partial charge on any atom is 0.317 e. The zero-order chi connectivity index (χ0) is 15.6. The number of carbonyl (C=O) groups excluding carboxylic acids is 2. The molecule has 0 saturated carbocycles. The van der Waals surface area contributed by atoms with Crippen molar-refractivity contribution in [2.45, 2.75) is 6.92 Å². The molecule has 0 aliphatic carbocycles. The molecule has 1 aromatic carbocycles. The Morgan fingerprint density at radius 1 is 1.24 bits per heavy atom. The number of nitriles is 1. The zero-order valence-corrected chi connectivity index (χ0v) is 12.0. The van der Waals surface area contributed by atoms with Crippen LogP contribution in [0.1, 0.15) is 21.5 Å². The summed E-state index contributed by atoms with van der Waals surface area (Å²) in [6.45, 7) is 1.75. The van der Waals surface area contributed by atoms with Gasteiger partial charge in [-0.1, -0.05) is 12.1 Å². The van der Waals surface area contributed by atoms with Gasteiger partial charge in [0.25, 0.3) is 5.91 Å². The first-order valence-electron chi connectivity index (χ1n) is 5.94. The van der Waals surface area contributed by atoms with Crippen molar-refractivity contribution >= 4 is 28.3 Å². The summed E-state index contributed by atoms with van der Waals surface area (Å²) in [4.78, 5) is 23.4. The molecule has 0 bridgehead atoms. The van der Waals surface area contributed by atoms with Crippen LogP contribution in [0.25, 0.3) is 10.4 Å². The number of amides is 3. The molecule has 7 heteroatoms. The number of nitrogens with two attached hydrogens (primary N) is 2. The van der Waals surface area contributed by atoms with E-state index < -0.39 is 11.9 Å². The van der Waals surface area contributed by atoms with Gasteiger partial charge in [0.1, 0.15) is 5.00 Å². The molecule has 0 saturated heterocycles. The highest BCUT2D eigenvalue weighted by molar-refractivity contribution is 7.20. The van der Waals surface area contributed by atoms with Gasteiger partial charge in [-0.25, -0.2) is 4.79 Å². The quantitative estimate of drug-likeness (QED) is 0.805. The molecule has 1 aromatic heterocycles. The summed E-state index contributed by atoms with van der Waals surface area (Å²) in [6.07, 6.45) is 0. The Hall–Kier alpha value is -2.85. The normalized spacial score (nSPS) is 9.90. The Kier molecular flexibility index (Phi) is 3.91. The summed E-state index contributed by atoms with van der Waals surface area (Å²) >= 11 is 1.21. The van der Waals surface area contributed by atoms with E-state index in [-0.39, 0.29) is 5.56 Å². The van der Waals surface area contributed by atoms with Crippen LogP contribution in [0, 0.1) is 18.3 Å². The van der Waals surface area contributed by atoms with Crippen LogP contribution >= 0.6 is 11.3 Å². The number of hydrogen-bond acceptors (Lipinski definition) is 4. The predicted octanol–water partition coefficient (Wildman–Crippen LogP) is 2.18. The van der Waals surface area contributed by atoms with Crippen molar-refractivity contribution in [3.8, 4) is 16.5 Å². The largest absolute Gasteiger partial charge is 0.365 e. The molecule has 0 radical (unpaired) electrons. The number of primary amides is 2. The molecule has 0 spiro atoms. The highest BCUT2D eigenvalue weighted by Crippen LogP contribution is 2.39. The van der Waals surface area contributed by atoms with E-state index in [1.807, 2.05) is 6.07 Å². The minimum absolute atomic E-state index is 0.248. The fourth-order valence-corrected chi connectivity index (χ4v) is 3.20. The van der Waals surface area contributed by atoms with E-state index in [9.17, 15) is 9.59 Å². The van der Waals surface area contributed by atoms with Crippen molar-refractivity contribution < 1.29 is 9.59 Å². The van der Waals surface area contributed by atoms with Gasteiger partial charge in [-0.15, -0.1) is 11.3 Å². The van der Waals surface area contributed by atoms with E-state index >= 15 is 0 Å². The molecule has 2 rings (SSSR count). The first-order valence-corrected chi connectivity index (χ1v) is 6.76. The predicted molar refractivity (Wildman–Crippen MR) is 80.9 cm³/mol. The topological polar surface area (TPSA) is 122 Å². The summed E-state index contributed by atoms with van der Waals surface area (Å²) < 4.78 is 0. The summed E-state index contributed by atoms with van der Waals surface area (Å²) in [5, 5.41) is 11.5. The Morgan fingerprint density at radius 3 is 2.33 bits per heavy atom. The maximum absolute atomic E-state index is 11.6. The standard InChI is InChI=1S/C14H12N4O2S/c1-7-10(12(16)19)13(18-14(17)20)21-11(7)9-4-2-8(6-15)3-5-9/h2-5H,1H3,(H2,16,19)(H3,17,18,20). The first-order chi connectivity index (χ1) is 9.93. The molecule has 0 fully saturated rings. The van der Waals surface area contributed by atoms with Crippen LogP contribution in [0.3, 0.4) is 0 Å². The van der Waals surface area contributed by atoms with Gasteiger partial charge < -0.3 is 11.5 Å². The van der Waals surface area contributed by atoms with Crippen molar-refractivity contribution in [1.82, 2.24) is 0 Å². The highest BCUT2D eigenvalue weighted by Gasteiger charge is 2.20. The Bertz CT molecular complexity index is 757. The number of anilines is 1. The van der Waals surface area contributed by atoms with Crippen molar-refractivity contribution in [3.05, 3.63) is 41.0 Å². The van der Waals surface area contributed by atoms with Gasteiger partial charge in [0.15, 0.2) is 0 Å². The van der Waals surface area contributed by atoms with Gasteiger partial charge in [-0.05, 0) is 30.2 Å². The molecular weight excluding hydrogens is 288 g/mol. The van der Waals surface area contributed by atoms with E-state index in [1.165, 1.54) is 11.3 Å². The molecule has 2 aromatic rings. The van der Waals surface area contributed by atoms with Crippen LogP contribution in [-0.4, -0.2) is 11.9 Å². The van der Waals surface area contributed by atoms with Crippen LogP contribution < -0.4 is 16.8 Å². The Balaban J connectivity index is 2.56. The van der Waals surface area contributed by atoms with Gasteiger partial charge in [-0.3, -0.25) is 10.1 Å². The van der Waals surface area contributed by atoms with Gasteiger partial charge in [0.2, 0.25) is 0 Å². The third-order valence-corrected chi connectivity index (χ3v) is 4.16. The third kappa shape index (κ3) is 2.85. The number of carbonyl (C=O) groups is 2. The van der Waals surface area contributed by atoms with Crippen molar-refractivity contribution in [2.75, 3.05) is 5.32 Å². The first kappa shape index (κ1) is 14.6. The molecule has 0 atom stereocenters. The Morgan fingerprint density at radius 2 is 1.86 bits per heavy atom. The number of rotatable bonds is 3. The van der Waals surface area contributed by atoms with Crippen molar-refractivity contribution in [3.63, 3.8) is 0 Å². The second kappa shape index (κ2) is 5.64. The van der Waals surface area contributed by atoms with Crippen molar-refractivity contribution in [1.29, 1.82) is 5.26 Å². The molecule has 21 heavy (non-hydrogen) atoms. The average molecular weight is 300 g/mol. The second-order valence-electron chi connectivity index (χ2n) is 4.30. The number of hydrogen-bond donors (Lipinski definition) is 3. The summed E-state index contributed by atoms with van der Waals surface area (Å²) in [5.41, 5.74) is 12.7. The highest BCUT2D eigenvalue weighted by atomic mass is 32.1. The lowest BCUT2D eigenvalue weighted by Gasteiger charge is -2.01. The lowest BCUT2D eigenvalue weighted by molar-refractivity contribution is 0.100. The molecule has 1 heterocycles. The number of benzene rings is 1. The smallest absolute Gasteiger partial charge is 0.317 e. The van der Waals surface area contributed by atoms with E-state index in [4.69, 9.17) is 16.7 Å². The zero-order valence-electron chi connectivity index (χ0n) is 11.1. The summed E-state index contributed by atoms with van der Waals surface area (Å²) in [5.74, 6) is -0.632. The fraction of sp³-hybridized carbons (Fsp3) is 0.0714. The van der Waals surface area contributed by atoms with E-state index in [0.717, 1.165) is 10.4 Å². The molecule has 0 aliphatic heterocycles. The second-order valence-corrected chi connectivity index (χ2v) is 5.32. The van der Waals surface area contributed by atoms with Crippen molar-refractivity contribution in [2.24, 2.45) is 11.5 Å². The molecule has 3 amide bonds. The molecule has 0 aliphatic rings. The molecular formula is C14H12N4O2S. The molecule has 5 N–H and O–H groups in total. The molecule has 6 nitrogen and oxygen atoms in total. The minimum atomic E-state index is -0.759. The maximum atomic E-state index is 11.6. The number of urea groups is 1. The summed E-state index contributed by atoms with van der Waals surface area (Å²) in [7, 11) is 0. The number of thiophene rings is 1. The van der Waals surface area contributed by atoms with Crippen LogP contribution in [0.15, 0.2) is 24.3 Å².